The number of hydrogen-bond acceptors (Lipinski definition) is 2. The number of pyridine rings is 1. The van der Waals surface area contributed by atoms with Crippen LogP contribution in [0.3, 0.4) is 0 Å². The van der Waals surface area contributed by atoms with E-state index in [-0.39, 0.29) is 0 Å². The molecule has 1 aromatic rings. The predicted octanol–water partition coefficient (Wildman–Crippen LogP) is 2.12. The molecule has 0 bridgehead atoms. The minimum atomic E-state index is 0.719. The molecule has 0 aliphatic carbocycles. The first-order valence-corrected chi connectivity index (χ1v) is 4.25. The second-order valence-electron chi connectivity index (χ2n) is 1.62. The van der Waals surface area contributed by atoms with Crippen LogP contribution in [-0.2, 0) is 5.75 Å². The molecule has 48 valence electrons. The Labute approximate surface area is 73.4 Å². The smallest absolute Gasteiger partial charge is 0.0510 e. The van der Waals surface area contributed by atoms with Crippen molar-refractivity contribution >= 4 is 35.2 Å². The van der Waals surface area contributed by atoms with E-state index in [1.165, 1.54) is 3.57 Å². The van der Waals surface area contributed by atoms with Crippen LogP contribution in [0.1, 0.15) is 5.69 Å². The number of rotatable bonds is 1. The minimum absolute atomic E-state index is 0.719. The molecule has 0 radical (unpaired) electrons. The highest BCUT2D eigenvalue weighted by Crippen LogP contribution is 2.05. The van der Waals surface area contributed by atoms with Gasteiger partial charge < -0.3 is 0 Å². The van der Waals surface area contributed by atoms with Crippen LogP contribution in [0.5, 0.6) is 0 Å². The fraction of sp³-hybridized carbons (Fsp3) is 0.167. The third-order valence-corrected chi connectivity index (χ3v) is 1.94. The van der Waals surface area contributed by atoms with Gasteiger partial charge in [0.2, 0.25) is 0 Å². The van der Waals surface area contributed by atoms with Crippen molar-refractivity contribution in [2.75, 3.05) is 0 Å². The fourth-order valence-corrected chi connectivity index (χ4v) is 1.23. The second kappa shape index (κ2) is 3.41. The predicted molar refractivity (Wildman–Crippen MR) is 49.6 cm³/mol. The summed E-state index contributed by atoms with van der Waals surface area (Å²) in [5.74, 6) is 0.719. The van der Waals surface area contributed by atoms with Crippen molar-refractivity contribution in [3.63, 3.8) is 0 Å². The third kappa shape index (κ3) is 2.14. The highest BCUT2D eigenvalue weighted by atomic mass is 127. The molecule has 0 atom stereocenters. The zero-order valence-electron chi connectivity index (χ0n) is 4.71. The van der Waals surface area contributed by atoms with E-state index in [2.05, 4.69) is 40.2 Å². The third-order valence-electron chi connectivity index (χ3n) is 0.941. The molecule has 1 aromatic heterocycles. The summed E-state index contributed by atoms with van der Waals surface area (Å²) in [5.41, 5.74) is 1.03. The highest BCUT2D eigenvalue weighted by molar-refractivity contribution is 14.1. The maximum Gasteiger partial charge on any atom is 0.0510 e. The van der Waals surface area contributed by atoms with Crippen LogP contribution in [0, 0.1) is 3.57 Å². The normalized spacial score (nSPS) is 9.56. The van der Waals surface area contributed by atoms with Crippen molar-refractivity contribution in [3.8, 4) is 0 Å². The molecule has 9 heavy (non-hydrogen) atoms. The van der Waals surface area contributed by atoms with Crippen molar-refractivity contribution < 1.29 is 0 Å². The van der Waals surface area contributed by atoms with Crippen LogP contribution in [0.15, 0.2) is 18.3 Å². The summed E-state index contributed by atoms with van der Waals surface area (Å²) in [4.78, 5) is 4.08. The van der Waals surface area contributed by atoms with Crippen molar-refractivity contribution in [2.45, 2.75) is 5.75 Å². The maximum absolute atomic E-state index is 4.09. The second-order valence-corrected chi connectivity index (χ2v) is 3.19. The van der Waals surface area contributed by atoms with Crippen LogP contribution in [-0.4, -0.2) is 4.98 Å². The van der Waals surface area contributed by atoms with Gasteiger partial charge >= 0.3 is 0 Å². The molecular formula is C6H6INS. The molecular weight excluding hydrogens is 245 g/mol. The Kier molecular flexibility index (Phi) is 2.78. The van der Waals surface area contributed by atoms with Crippen molar-refractivity contribution in [2.24, 2.45) is 0 Å². The van der Waals surface area contributed by atoms with Crippen molar-refractivity contribution in [1.29, 1.82) is 0 Å². The van der Waals surface area contributed by atoms with E-state index < -0.39 is 0 Å². The maximum atomic E-state index is 4.09. The molecule has 0 aromatic carbocycles. The summed E-state index contributed by atoms with van der Waals surface area (Å²) in [6.45, 7) is 0. The van der Waals surface area contributed by atoms with Crippen LogP contribution >= 0.6 is 35.2 Å². The van der Waals surface area contributed by atoms with Gasteiger partial charge in [-0.05, 0) is 34.7 Å². The standard InChI is InChI=1S/C6H6INS/c7-5-1-2-8-6(3-5)4-9/h1-3,9H,4H2. The lowest BCUT2D eigenvalue weighted by atomic mass is 10.4. The van der Waals surface area contributed by atoms with Gasteiger partial charge in [-0.2, -0.15) is 12.6 Å². The summed E-state index contributed by atoms with van der Waals surface area (Å²) in [6, 6.07) is 3.99. The zero-order valence-corrected chi connectivity index (χ0v) is 7.76. The summed E-state index contributed by atoms with van der Waals surface area (Å²) in [6.07, 6.45) is 1.80. The van der Waals surface area contributed by atoms with Gasteiger partial charge in [0.05, 0.1) is 5.69 Å². The lowest BCUT2D eigenvalue weighted by Gasteiger charge is -1.92. The van der Waals surface area contributed by atoms with Crippen LogP contribution in [0.4, 0.5) is 0 Å². The van der Waals surface area contributed by atoms with E-state index in [1.54, 1.807) is 6.20 Å². The van der Waals surface area contributed by atoms with Gasteiger partial charge in [-0.1, -0.05) is 0 Å². The van der Waals surface area contributed by atoms with E-state index in [4.69, 9.17) is 0 Å². The van der Waals surface area contributed by atoms with Gasteiger partial charge in [0.25, 0.3) is 0 Å². The van der Waals surface area contributed by atoms with Crippen molar-refractivity contribution in [1.82, 2.24) is 4.98 Å². The first kappa shape index (κ1) is 7.34. The first-order valence-electron chi connectivity index (χ1n) is 2.54. The van der Waals surface area contributed by atoms with Crippen LogP contribution in [0.25, 0.3) is 0 Å². The summed E-state index contributed by atoms with van der Waals surface area (Å²) in [5, 5.41) is 0. The van der Waals surface area contributed by atoms with Gasteiger partial charge in [0.15, 0.2) is 0 Å². The van der Waals surface area contributed by atoms with Gasteiger partial charge in [0, 0.05) is 15.5 Å². The Hall–Kier alpha value is 0.230. The highest BCUT2D eigenvalue weighted by Gasteiger charge is 1.89. The Bertz CT molecular complexity index is 202. The Morgan fingerprint density at radius 3 is 2.89 bits per heavy atom. The quantitative estimate of drug-likeness (QED) is 0.595. The molecule has 1 nitrogen and oxygen atoms in total. The largest absolute Gasteiger partial charge is 0.260 e. The van der Waals surface area contributed by atoms with Crippen LogP contribution < -0.4 is 0 Å². The van der Waals surface area contributed by atoms with E-state index in [0.29, 0.717) is 0 Å². The lowest BCUT2D eigenvalue weighted by molar-refractivity contribution is 1.17. The van der Waals surface area contributed by atoms with E-state index in [1.807, 2.05) is 12.1 Å². The average molecular weight is 251 g/mol. The van der Waals surface area contributed by atoms with E-state index in [0.717, 1.165) is 11.4 Å². The molecule has 0 fully saturated rings. The molecule has 3 heteroatoms. The van der Waals surface area contributed by atoms with Gasteiger partial charge in [-0.3, -0.25) is 4.98 Å². The fourth-order valence-electron chi connectivity index (χ4n) is 0.535. The molecule has 0 N–H and O–H groups in total. The monoisotopic (exact) mass is 251 g/mol. The summed E-state index contributed by atoms with van der Waals surface area (Å²) < 4.78 is 1.21. The lowest BCUT2D eigenvalue weighted by Crippen LogP contribution is -1.83. The summed E-state index contributed by atoms with van der Waals surface area (Å²) in [7, 11) is 0. The zero-order chi connectivity index (χ0) is 6.69. The van der Waals surface area contributed by atoms with Crippen molar-refractivity contribution in [3.05, 3.63) is 27.6 Å². The Balaban J connectivity index is 2.94. The van der Waals surface area contributed by atoms with Crippen LogP contribution in [0.2, 0.25) is 0 Å². The SMILES string of the molecule is SCc1cc(I)ccn1. The molecule has 0 aliphatic rings. The van der Waals surface area contributed by atoms with E-state index in [9.17, 15) is 0 Å². The molecule has 1 rings (SSSR count). The van der Waals surface area contributed by atoms with Gasteiger partial charge in [-0.25, -0.2) is 0 Å². The Morgan fingerprint density at radius 2 is 2.44 bits per heavy atom. The number of aromatic nitrogens is 1. The molecule has 0 spiro atoms. The Morgan fingerprint density at radius 1 is 1.67 bits per heavy atom. The first-order chi connectivity index (χ1) is 4.33. The summed E-state index contributed by atoms with van der Waals surface area (Å²) >= 11 is 6.35. The molecule has 0 saturated carbocycles. The number of hydrogen-bond donors (Lipinski definition) is 1. The molecule has 0 saturated heterocycles. The molecule has 1 heterocycles. The molecule has 0 amide bonds. The molecule has 0 aliphatic heterocycles. The number of halogens is 1. The minimum Gasteiger partial charge on any atom is -0.260 e. The van der Waals surface area contributed by atoms with Gasteiger partial charge in [-0.15, -0.1) is 0 Å². The average Bonchev–Trinajstić information content (AvgIpc) is 1.88. The number of nitrogens with zero attached hydrogens (tertiary/aromatic N) is 1. The van der Waals surface area contributed by atoms with E-state index >= 15 is 0 Å². The topological polar surface area (TPSA) is 12.9 Å². The molecule has 0 unspecified atom stereocenters. The van der Waals surface area contributed by atoms with Gasteiger partial charge in [0.1, 0.15) is 0 Å². The number of thiol groups is 1.